The van der Waals surface area contributed by atoms with E-state index in [1.165, 1.54) is 44.9 Å². The first kappa shape index (κ1) is 17.0. The van der Waals surface area contributed by atoms with Crippen molar-refractivity contribution in [3.05, 3.63) is 12.7 Å². The smallest absolute Gasteiger partial charge is 0.237 e. The van der Waals surface area contributed by atoms with Crippen LogP contribution in [0.2, 0.25) is 0 Å². The fourth-order valence-corrected chi connectivity index (χ4v) is 4.69. The summed E-state index contributed by atoms with van der Waals surface area (Å²) in [6.07, 6.45) is 13.1. The molecule has 1 saturated heterocycles. The normalized spacial score (nSPS) is 30.5. The molecule has 1 atom stereocenters. The van der Waals surface area contributed by atoms with Gasteiger partial charge in [-0.1, -0.05) is 6.92 Å². The van der Waals surface area contributed by atoms with Crippen LogP contribution >= 0.6 is 0 Å². The molecule has 0 N–H and O–H groups in total. The highest BCUT2D eigenvalue weighted by atomic mass is 16.2. The van der Waals surface area contributed by atoms with Crippen molar-refractivity contribution in [1.82, 2.24) is 24.6 Å². The van der Waals surface area contributed by atoms with Crippen molar-refractivity contribution in [3.8, 4) is 0 Å². The van der Waals surface area contributed by atoms with E-state index in [1.54, 1.807) is 12.7 Å². The molecule has 1 aliphatic heterocycles. The van der Waals surface area contributed by atoms with E-state index in [2.05, 4.69) is 26.8 Å². The first-order valence-electron chi connectivity index (χ1n) is 10.1. The van der Waals surface area contributed by atoms with Gasteiger partial charge in [0.05, 0.1) is 13.1 Å². The van der Waals surface area contributed by atoms with Gasteiger partial charge in [-0.2, -0.15) is 5.10 Å². The average molecular weight is 345 g/mol. The summed E-state index contributed by atoms with van der Waals surface area (Å²) in [7, 11) is 0. The molecule has 2 heterocycles. The zero-order valence-corrected chi connectivity index (χ0v) is 15.4. The van der Waals surface area contributed by atoms with Crippen LogP contribution in [0, 0.1) is 5.92 Å². The van der Waals surface area contributed by atoms with Crippen LogP contribution in [0.4, 0.5) is 0 Å². The zero-order valence-electron chi connectivity index (χ0n) is 15.4. The molecule has 0 bridgehead atoms. The minimum Gasteiger partial charge on any atom is -0.336 e. The number of hydrogen-bond acceptors (Lipinski definition) is 4. The zero-order chi connectivity index (χ0) is 17.2. The molecule has 1 unspecified atom stereocenters. The average Bonchev–Trinajstić information content (AvgIpc) is 3.12. The molecule has 138 valence electrons. The maximum absolute atomic E-state index is 13.2. The second-order valence-corrected chi connectivity index (χ2v) is 8.33. The van der Waals surface area contributed by atoms with E-state index in [-0.39, 0.29) is 0 Å². The molecule has 0 radical (unpaired) electrons. The van der Waals surface area contributed by atoms with E-state index < -0.39 is 0 Å². The summed E-state index contributed by atoms with van der Waals surface area (Å²) < 4.78 is 1.90. The molecule has 1 aromatic rings. The van der Waals surface area contributed by atoms with Gasteiger partial charge in [-0.3, -0.25) is 14.4 Å². The Morgan fingerprint density at radius 2 is 1.84 bits per heavy atom. The monoisotopic (exact) mass is 345 g/mol. The van der Waals surface area contributed by atoms with Crippen LogP contribution in [0.25, 0.3) is 0 Å². The molecule has 6 nitrogen and oxygen atoms in total. The van der Waals surface area contributed by atoms with Gasteiger partial charge in [0, 0.05) is 18.1 Å². The van der Waals surface area contributed by atoms with Crippen molar-refractivity contribution in [2.24, 2.45) is 5.92 Å². The summed E-state index contributed by atoms with van der Waals surface area (Å²) in [6.45, 7) is 4.81. The highest BCUT2D eigenvalue weighted by Crippen LogP contribution is 2.35. The Morgan fingerprint density at radius 3 is 2.48 bits per heavy atom. The number of nitrogens with zero attached hydrogens (tertiary/aromatic N) is 5. The molecular formula is C19H31N5O. The van der Waals surface area contributed by atoms with Gasteiger partial charge in [-0.25, -0.2) is 4.98 Å². The first-order chi connectivity index (χ1) is 12.2. The number of amides is 1. The maximum Gasteiger partial charge on any atom is 0.237 e. The van der Waals surface area contributed by atoms with Crippen molar-refractivity contribution in [2.75, 3.05) is 13.1 Å². The standard InChI is InChI=1S/C19H31N5O/c1-15-4-6-16(7-5-15)24(17-8-9-17)19(25)12-22-10-2-3-18(22)11-23-14-20-13-21-23/h13-18H,2-12H2,1H3. The summed E-state index contributed by atoms with van der Waals surface area (Å²) in [6, 6.07) is 1.44. The van der Waals surface area contributed by atoms with Gasteiger partial charge in [0.1, 0.15) is 12.7 Å². The minimum atomic E-state index is 0.368. The summed E-state index contributed by atoms with van der Waals surface area (Å²) in [4.78, 5) is 21.9. The summed E-state index contributed by atoms with van der Waals surface area (Å²) in [5, 5.41) is 4.23. The fourth-order valence-electron chi connectivity index (χ4n) is 4.69. The first-order valence-corrected chi connectivity index (χ1v) is 10.1. The lowest BCUT2D eigenvalue weighted by atomic mass is 9.86. The lowest BCUT2D eigenvalue weighted by molar-refractivity contribution is -0.136. The number of aromatic nitrogens is 3. The topological polar surface area (TPSA) is 54.3 Å². The molecule has 0 spiro atoms. The Hall–Kier alpha value is -1.43. The predicted molar refractivity (Wildman–Crippen MR) is 95.9 cm³/mol. The highest BCUT2D eigenvalue weighted by Gasteiger charge is 2.39. The van der Waals surface area contributed by atoms with Crippen molar-refractivity contribution >= 4 is 5.91 Å². The van der Waals surface area contributed by atoms with E-state index >= 15 is 0 Å². The Kier molecular flexibility index (Phi) is 5.06. The van der Waals surface area contributed by atoms with Gasteiger partial charge in [0.15, 0.2) is 0 Å². The van der Waals surface area contributed by atoms with Crippen LogP contribution in [0.5, 0.6) is 0 Å². The van der Waals surface area contributed by atoms with Crippen molar-refractivity contribution in [2.45, 2.75) is 83.0 Å². The lowest BCUT2D eigenvalue weighted by Crippen LogP contribution is -2.49. The summed E-state index contributed by atoms with van der Waals surface area (Å²) in [5.74, 6) is 1.20. The molecule has 4 rings (SSSR count). The summed E-state index contributed by atoms with van der Waals surface area (Å²) >= 11 is 0. The minimum absolute atomic E-state index is 0.368. The molecule has 25 heavy (non-hydrogen) atoms. The number of carbonyl (C=O) groups excluding carboxylic acids is 1. The number of likely N-dealkylation sites (tertiary alicyclic amines) is 1. The molecule has 1 amide bonds. The molecule has 3 fully saturated rings. The van der Waals surface area contributed by atoms with E-state index in [0.717, 1.165) is 25.4 Å². The second-order valence-electron chi connectivity index (χ2n) is 8.33. The molecule has 2 aliphatic carbocycles. The predicted octanol–water partition coefficient (Wildman–Crippen LogP) is 2.31. The van der Waals surface area contributed by atoms with Gasteiger partial charge in [-0.15, -0.1) is 0 Å². The van der Waals surface area contributed by atoms with Gasteiger partial charge in [0.2, 0.25) is 5.91 Å². The van der Waals surface area contributed by atoms with E-state index in [1.807, 2.05) is 4.68 Å². The van der Waals surface area contributed by atoms with E-state index in [4.69, 9.17) is 0 Å². The Labute approximate surface area is 150 Å². The van der Waals surface area contributed by atoms with Crippen LogP contribution in [0.1, 0.15) is 58.3 Å². The van der Waals surface area contributed by atoms with Gasteiger partial charge >= 0.3 is 0 Å². The third-order valence-electron chi connectivity index (χ3n) is 6.31. The molecule has 3 aliphatic rings. The molecule has 6 heteroatoms. The van der Waals surface area contributed by atoms with Crippen molar-refractivity contribution in [1.29, 1.82) is 0 Å². The quantitative estimate of drug-likeness (QED) is 0.794. The van der Waals surface area contributed by atoms with Gasteiger partial charge < -0.3 is 4.90 Å². The number of hydrogen-bond donors (Lipinski definition) is 0. The third-order valence-corrected chi connectivity index (χ3v) is 6.31. The third kappa shape index (κ3) is 4.05. The van der Waals surface area contributed by atoms with E-state index in [0.29, 0.717) is 30.6 Å². The second kappa shape index (κ2) is 7.44. The Bertz CT molecular complexity index is 562. The maximum atomic E-state index is 13.2. The molecule has 1 aromatic heterocycles. The van der Waals surface area contributed by atoms with E-state index in [9.17, 15) is 4.79 Å². The number of carbonyl (C=O) groups is 1. The fraction of sp³-hybridized carbons (Fsp3) is 0.842. The number of rotatable bonds is 6. The Balaban J connectivity index is 1.37. The molecular weight excluding hydrogens is 314 g/mol. The SMILES string of the molecule is CC1CCC(N(C(=O)CN2CCCC2Cn2cncn2)C2CC2)CC1. The van der Waals surface area contributed by atoms with Gasteiger partial charge in [-0.05, 0) is 63.8 Å². The Morgan fingerprint density at radius 1 is 1.12 bits per heavy atom. The lowest BCUT2D eigenvalue weighted by Gasteiger charge is -2.38. The molecule has 0 aromatic carbocycles. The largest absolute Gasteiger partial charge is 0.336 e. The van der Waals surface area contributed by atoms with Crippen LogP contribution in [0.15, 0.2) is 12.7 Å². The van der Waals surface area contributed by atoms with Crippen molar-refractivity contribution < 1.29 is 4.79 Å². The van der Waals surface area contributed by atoms with Crippen LogP contribution in [0.3, 0.4) is 0 Å². The summed E-state index contributed by atoms with van der Waals surface area (Å²) in [5.41, 5.74) is 0. The van der Waals surface area contributed by atoms with Crippen LogP contribution in [-0.2, 0) is 11.3 Å². The van der Waals surface area contributed by atoms with Gasteiger partial charge in [0.25, 0.3) is 0 Å². The van der Waals surface area contributed by atoms with Crippen LogP contribution in [-0.4, -0.2) is 61.7 Å². The molecule has 2 saturated carbocycles. The van der Waals surface area contributed by atoms with Crippen molar-refractivity contribution in [3.63, 3.8) is 0 Å². The van der Waals surface area contributed by atoms with Crippen LogP contribution < -0.4 is 0 Å². The highest BCUT2D eigenvalue weighted by molar-refractivity contribution is 5.79.